The summed E-state index contributed by atoms with van der Waals surface area (Å²) in [6.45, 7) is 0.950. The number of ether oxygens (including phenoxy) is 1. The summed E-state index contributed by atoms with van der Waals surface area (Å²) in [5, 5.41) is 4.22. The van der Waals surface area contributed by atoms with E-state index in [0.29, 0.717) is 12.1 Å². The minimum atomic E-state index is 0.481. The molecule has 1 N–H and O–H groups in total. The normalized spacial score (nSPS) is 21.3. The fourth-order valence-corrected chi connectivity index (χ4v) is 2.80. The van der Waals surface area contributed by atoms with Crippen LogP contribution in [-0.4, -0.2) is 25.8 Å². The van der Waals surface area contributed by atoms with Gasteiger partial charge in [0.1, 0.15) is 0 Å². The molecule has 0 bridgehead atoms. The Morgan fingerprint density at radius 2 is 2.11 bits per heavy atom. The Labute approximate surface area is 121 Å². The molecule has 2 unspecified atom stereocenters. The number of nitrogens with one attached hydrogen (secondary N) is 1. The molecule has 1 aliphatic heterocycles. The van der Waals surface area contributed by atoms with Crippen molar-refractivity contribution in [1.82, 2.24) is 5.32 Å². The van der Waals surface area contributed by atoms with Crippen molar-refractivity contribution in [2.45, 2.75) is 50.7 Å². The number of benzene rings is 1. The van der Waals surface area contributed by atoms with Crippen LogP contribution in [0.2, 0.25) is 5.02 Å². The lowest BCUT2D eigenvalue weighted by Gasteiger charge is -2.25. The van der Waals surface area contributed by atoms with Crippen LogP contribution in [0.4, 0.5) is 0 Å². The van der Waals surface area contributed by atoms with E-state index in [0.717, 1.165) is 18.1 Å². The Hall–Kier alpha value is -0.570. The van der Waals surface area contributed by atoms with Crippen LogP contribution in [0.1, 0.15) is 37.7 Å². The van der Waals surface area contributed by atoms with Gasteiger partial charge in [-0.05, 0) is 63.3 Å². The molecule has 1 heterocycles. The molecule has 0 amide bonds. The Morgan fingerprint density at radius 3 is 2.74 bits per heavy atom. The Morgan fingerprint density at radius 1 is 1.32 bits per heavy atom. The van der Waals surface area contributed by atoms with Crippen LogP contribution in [0, 0.1) is 0 Å². The van der Waals surface area contributed by atoms with Gasteiger partial charge in [0.25, 0.3) is 0 Å². The van der Waals surface area contributed by atoms with Crippen molar-refractivity contribution in [3.63, 3.8) is 0 Å². The molecule has 0 aliphatic carbocycles. The SMILES string of the molecule is CNC(CCC1CCCCO1)Cc1ccc(Cl)cc1. The van der Waals surface area contributed by atoms with Crippen molar-refractivity contribution in [2.75, 3.05) is 13.7 Å². The second-order valence-electron chi connectivity index (χ2n) is 5.38. The average molecular weight is 282 g/mol. The van der Waals surface area contributed by atoms with Crippen LogP contribution >= 0.6 is 11.6 Å². The predicted molar refractivity (Wildman–Crippen MR) is 80.8 cm³/mol. The van der Waals surface area contributed by atoms with Gasteiger partial charge in [0.2, 0.25) is 0 Å². The molecule has 1 fully saturated rings. The molecule has 1 saturated heterocycles. The van der Waals surface area contributed by atoms with Crippen LogP contribution < -0.4 is 5.32 Å². The average Bonchev–Trinajstić information content (AvgIpc) is 2.46. The summed E-state index contributed by atoms with van der Waals surface area (Å²) in [6.07, 6.45) is 7.67. The van der Waals surface area contributed by atoms with E-state index in [9.17, 15) is 0 Å². The van der Waals surface area contributed by atoms with E-state index in [1.807, 2.05) is 19.2 Å². The van der Waals surface area contributed by atoms with E-state index in [-0.39, 0.29) is 0 Å². The lowest BCUT2D eigenvalue weighted by Crippen LogP contribution is -2.30. The monoisotopic (exact) mass is 281 g/mol. The summed E-state index contributed by atoms with van der Waals surface area (Å²) < 4.78 is 5.79. The summed E-state index contributed by atoms with van der Waals surface area (Å²) in [5.41, 5.74) is 1.34. The van der Waals surface area contributed by atoms with Crippen LogP contribution in [0.25, 0.3) is 0 Å². The van der Waals surface area contributed by atoms with Gasteiger partial charge in [-0.25, -0.2) is 0 Å². The van der Waals surface area contributed by atoms with Crippen molar-refractivity contribution >= 4 is 11.6 Å². The molecule has 0 radical (unpaired) electrons. The first-order valence-electron chi connectivity index (χ1n) is 7.31. The smallest absolute Gasteiger partial charge is 0.0575 e. The largest absolute Gasteiger partial charge is 0.378 e. The molecule has 1 aliphatic rings. The number of hydrogen-bond donors (Lipinski definition) is 1. The van der Waals surface area contributed by atoms with Crippen molar-refractivity contribution in [1.29, 1.82) is 0 Å². The summed E-state index contributed by atoms with van der Waals surface area (Å²) in [6, 6.07) is 8.68. The zero-order chi connectivity index (χ0) is 13.5. The molecule has 19 heavy (non-hydrogen) atoms. The highest BCUT2D eigenvalue weighted by Crippen LogP contribution is 2.19. The minimum absolute atomic E-state index is 0.481. The summed E-state index contributed by atoms with van der Waals surface area (Å²) in [5.74, 6) is 0. The number of likely N-dealkylation sites (N-methyl/N-ethyl adjacent to an activating group) is 1. The van der Waals surface area contributed by atoms with Gasteiger partial charge in [0, 0.05) is 17.7 Å². The maximum absolute atomic E-state index is 5.91. The Kier molecular flexibility index (Phi) is 6.15. The van der Waals surface area contributed by atoms with Gasteiger partial charge in [-0.15, -0.1) is 0 Å². The molecule has 0 aromatic heterocycles. The van der Waals surface area contributed by atoms with E-state index in [4.69, 9.17) is 16.3 Å². The van der Waals surface area contributed by atoms with Crippen LogP contribution in [-0.2, 0) is 11.2 Å². The van der Waals surface area contributed by atoms with E-state index < -0.39 is 0 Å². The first-order valence-corrected chi connectivity index (χ1v) is 7.69. The zero-order valence-corrected chi connectivity index (χ0v) is 12.5. The van der Waals surface area contributed by atoms with Gasteiger partial charge in [-0.3, -0.25) is 0 Å². The molecule has 1 aromatic rings. The fourth-order valence-electron chi connectivity index (χ4n) is 2.68. The molecule has 106 valence electrons. The van der Waals surface area contributed by atoms with Gasteiger partial charge in [0.15, 0.2) is 0 Å². The lowest BCUT2D eigenvalue weighted by atomic mass is 9.97. The summed E-state index contributed by atoms with van der Waals surface area (Å²) >= 11 is 5.91. The quantitative estimate of drug-likeness (QED) is 0.856. The van der Waals surface area contributed by atoms with Gasteiger partial charge < -0.3 is 10.1 Å². The van der Waals surface area contributed by atoms with Crippen molar-refractivity contribution in [3.8, 4) is 0 Å². The van der Waals surface area contributed by atoms with Gasteiger partial charge in [-0.2, -0.15) is 0 Å². The van der Waals surface area contributed by atoms with Crippen LogP contribution in [0.3, 0.4) is 0 Å². The highest BCUT2D eigenvalue weighted by atomic mass is 35.5. The Balaban J connectivity index is 1.77. The van der Waals surface area contributed by atoms with Crippen LogP contribution in [0.5, 0.6) is 0 Å². The Bertz CT molecular complexity index is 360. The van der Waals surface area contributed by atoms with Gasteiger partial charge in [0.05, 0.1) is 6.10 Å². The van der Waals surface area contributed by atoms with Crippen molar-refractivity contribution < 1.29 is 4.74 Å². The zero-order valence-electron chi connectivity index (χ0n) is 11.7. The standard InChI is InChI=1S/C16H24ClNO/c1-18-15(9-10-16-4-2-3-11-19-16)12-13-5-7-14(17)8-6-13/h5-8,15-16,18H,2-4,9-12H2,1H3. The molecular weight excluding hydrogens is 258 g/mol. The van der Waals surface area contributed by atoms with Crippen molar-refractivity contribution in [2.24, 2.45) is 0 Å². The first kappa shape index (κ1) is 14.8. The molecule has 0 saturated carbocycles. The lowest BCUT2D eigenvalue weighted by molar-refractivity contribution is 0.00870. The van der Waals surface area contributed by atoms with E-state index in [1.54, 1.807) is 0 Å². The minimum Gasteiger partial charge on any atom is -0.378 e. The highest BCUT2D eigenvalue weighted by Gasteiger charge is 2.16. The topological polar surface area (TPSA) is 21.3 Å². The highest BCUT2D eigenvalue weighted by molar-refractivity contribution is 6.30. The maximum atomic E-state index is 5.91. The number of rotatable bonds is 6. The second-order valence-corrected chi connectivity index (χ2v) is 5.82. The third kappa shape index (κ3) is 5.13. The van der Waals surface area contributed by atoms with Crippen LogP contribution in [0.15, 0.2) is 24.3 Å². The maximum Gasteiger partial charge on any atom is 0.0575 e. The van der Waals surface area contributed by atoms with Gasteiger partial charge in [-0.1, -0.05) is 23.7 Å². The fraction of sp³-hybridized carbons (Fsp3) is 0.625. The summed E-state index contributed by atoms with van der Waals surface area (Å²) in [7, 11) is 2.04. The number of halogens is 1. The third-order valence-electron chi connectivity index (χ3n) is 3.91. The van der Waals surface area contributed by atoms with Crippen molar-refractivity contribution in [3.05, 3.63) is 34.9 Å². The van der Waals surface area contributed by atoms with E-state index in [2.05, 4.69) is 17.4 Å². The second kappa shape index (κ2) is 7.88. The predicted octanol–water partition coefficient (Wildman–Crippen LogP) is 3.82. The molecule has 3 heteroatoms. The molecule has 0 spiro atoms. The van der Waals surface area contributed by atoms with Gasteiger partial charge >= 0.3 is 0 Å². The third-order valence-corrected chi connectivity index (χ3v) is 4.17. The van der Waals surface area contributed by atoms with E-state index in [1.165, 1.54) is 37.7 Å². The molecule has 2 nitrogen and oxygen atoms in total. The van der Waals surface area contributed by atoms with E-state index >= 15 is 0 Å². The molecule has 1 aromatic carbocycles. The first-order chi connectivity index (χ1) is 9.28. The molecular formula is C16H24ClNO. The number of hydrogen-bond acceptors (Lipinski definition) is 2. The molecule has 2 atom stereocenters. The molecule has 2 rings (SSSR count). The summed E-state index contributed by atoms with van der Waals surface area (Å²) in [4.78, 5) is 0.